The molecule has 0 saturated heterocycles. The van der Waals surface area contributed by atoms with Crippen LogP contribution in [0.3, 0.4) is 0 Å². The van der Waals surface area contributed by atoms with Crippen LogP contribution in [0.2, 0.25) is 0 Å². The first-order valence-electron chi connectivity index (χ1n) is 15.5. The number of benzene rings is 6. The topological polar surface area (TPSA) is 25.8 Å². The second-order valence-corrected chi connectivity index (χ2v) is 12.3. The second-order valence-electron chi connectivity index (χ2n) is 12.3. The van der Waals surface area contributed by atoms with Crippen LogP contribution in [-0.2, 0) is 5.41 Å². The van der Waals surface area contributed by atoms with Gasteiger partial charge in [0.25, 0.3) is 0 Å². The average molecular weight is 577 g/mol. The van der Waals surface area contributed by atoms with Gasteiger partial charge in [0.2, 0.25) is 0 Å². The van der Waals surface area contributed by atoms with E-state index in [4.69, 9.17) is 9.97 Å². The molecular weight excluding hydrogens is 544 g/mol. The number of aromatic nitrogens is 2. The second kappa shape index (κ2) is 10.8. The van der Waals surface area contributed by atoms with Crippen LogP contribution in [0.4, 0.5) is 0 Å². The first kappa shape index (κ1) is 27.0. The highest BCUT2D eigenvalue weighted by molar-refractivity contribution is 5.91. The average Bonchev–Trinajstić information content (AvgIpc) is 3.35. The highest BCUT2D eigenvalue weighted by Crippen LogP contribution is 2.51. The molecule has 7 aromatic rings. The molecule has 8 rings (SSSR count). The molecule has 0 saturated carbocycles. The largest absolute Gasteiger partial charge is 0.228 e. The van der Waals surface area contributed by atoms with E-state index in [9.17, 15) is 0 Å². The van der Waals surface area contributed by atoms with Gasteiger partial charge in [0, 0.05) is 22.1 Å². The minimum absolute atomic E-state index is 0.0928. The van der Waals surface area contributed by atoms with Crippen LogP contribution in [0.5, 0.6) is 0 Å². The van der Waals surface area contributed by atoms with Crippen molar-refractivity contribution in [2.45, 2.75) is 19.3 Å². The summed E-state index contributed by atoms with van der Waals surface area (Å²) in [5.41, 5.74) is 14.8. The van der Waals surface area contributed by atoms with E-state index in [0.717, 1.165) is 39.5 Å². The zero-order chi connectivity index (χ0) is 30.4. The highest BCUT2D eigenvalue weighted by Gasteiger charge is 2.37. The molecule has 0 N–H and O–H groups in total. The quantitative estimate of drug-likeness (QED) is 0.204. The Morgan fingerprint density at radius 1 is 0.378 bits per heavy atom. The van der Waals surface area contributed by atoms with Crippen molar-refractivity contribution in [3.05, 3.63) is 169 Å². The number of nitrogens with zero attached hydrogens (tertiary/aromatic N) is 2. The summed E-state index contributed by atoms with van der Waals surface area (Å²) in [6.45, 7) is 4.62. The fourth-order valence-corrected chi connectivity index (χ4v) is 6.78. The molecule has 1 aliphatic rings. The van der Waals surface area contributed by atoms with Crippen LogP contribution in [0.1, 0.15) is 25.0 Å². The maximum Gasteiger partial charge on any atom is 0.161 e. The summed E-state index contributed by atoms with van der Waals surface area (Å²) in [7, 11) is 0. The molecule has 0 bridgehead atoms. The van der Waals surface area contributed by atoms with E-state index < -0.39 is 0 Å². The lowest BCUT2D eigenvalue weighted by molar-refractivity contribution is 0.660. The van der Waals surface area contributed by atoms with E-state index in [-0.39, 0.29) is 5.41 Å². The van der Waals surface area contributed by atoms with E-state index in [1.807, 2.05) is 6.07 Å². The number of hydrogen-bond acceptors (Lipinski definition) is 2. The Hall–Kier alpha value is -5.60. The van der Waals surface area contributed by atoms with Crippen molar-refractivity contribution >= 4 is 0 Å². The van der Waals surface area contributed by atoms with Gasteiger partial charge in [0.05, 0.1) is 11.4 Å². The lowest BCUT2D eigenvalue weighted by Gasteiger charge is -2.21. The first-order chi connectivity index (χ1) is 22.1. The normalized spacial score (nSPS) is 12.8. The van der Waals surface area contributed by atoms with Gasteiger partial charge in [-0.05, 0) is 62.7 Å². The van der Waals surface area contributed by atoms with Crippen LogP contribution < -0.4 is 0 Å². The maximum absolute atomic E-state index is 5.29. The van der Waals surface area contributed by atoms with E-state index in [2.05, 4.69) is 166 Å². The van der Waals surface area contributed by atoms with Crippen LogP contribution >= 0.6 is 0 Å². The first-order valence-corrected chi connectivity index (χ1v) is 15.5. The van der Waals surface area contributed by atoms with Crippen LogP contribution in [0.15, 0.2) is 158 Å². The molecule has 0 atom stereocenters. The van der Waals surface area contributed by atoms with Gasteiger partial charge in [0.15, 0.2) is 5.82 Å². The Kier molecular flexibility index (Phi) is 6.50. The van der Waals surface area contributed by atoms with Crippen LogP contribution in [0.25, 0.3) is 67.3 Å². The van der Waals surface area contributed by atoms with Gasteiger partial charge < -0.3 is 0 Å². The molecule has 6 aromatic carbocycles. The van der Waals surface area contributed by atoms with Crippen LogP contribution in [-0.4, -0.2) is 9.97 Å². The molecule has 1 aliphatic carbocycles. The van der Waals surface area contributed by atoms with Crippen molar-refractivity contribution in [3.63, 3.8) is 0 Å². The van der Waals surface area contributed by atoms with Crippen LogP contribution in [0, 0.1) is 0 Å². The maximum atomic E-state index is 5.29. The smallest absolute Gasteiger partial charge is 0.161 e. The Morgan fingerprint density at radius 3 is 1.56 bits per heavy atom. The van der Waals surface area contributed by atoms with Crippen molar-refractivity contribution in [3.8, 4) is 67.3 Å². The lowest BCUT2D eigenvalue weighted by atomic mass is 9.82. The van der Waals surface area contributed by atoms with E-state index in [1.165, 1.54) is 38.9 Å². The van der Waals surface area contributed by atoms with Gasteiger partial charge >= 0.3 is 0 Å². The standard InChI is InChI=1S/C43H32N2/c1-43(2)37-24-10-9-22-35(37)41-36(23-13-25-38(41)43)42-44-39(30-16-7-4-8-17-30)28-40(45-42)34-21-12-20-33(27-34)32-19-11-18-31(26-32)29-14-5-3-6-15-29/h3-28H,1-2H3. The molecule has 2 heteroatoms. The number of hydrogen-bond donors (Lipinski definition) is 0. The third kappa shape index (κ3) is 4.76. The Balaban J connectivity index is 1.29. The molecule has 0 fully saturated rings. The van der Waals surface area contributed by atoms with Crippen molar-refractivity contribution in [1.29, 1.82) is 0 Å². The summed E-state index contributed by atoms with van der Waals surface area (Å²) in [5, 5.41) is 0. The summed E-state index contributed by atoms with van der Waals surface area (Å²) in [4.78, 5) is 10.5. The van der Waals surface area contributed by atoms with Gasteiger partial charge in [0.1, 0.15) is 0 Å². The highest BCUT2D eigenvalue weighted by atomic mass is 14.9. The summed E-state index contributed by atoms with van der Waals surface area (Å²) < 4.78 is 0. The molecule has 45 heavy (non-hydrogen) atoms. The van der Waals surface area contributed by atoms with Gasteiger partial charge in [-0.1, -0.05) is 153 Å². The zero-order valence-electron chi connectivity index (χ0n) is 25.4. The predicted octanol–water partition coefficient (Wildman–Crippen LogP) is 11.1. The molecule has 0 amide bonds. The third-order valence-electron chi connectivity index (χ3n) is 9.11. The Labute approximate surface area is 264 Å². The van der Waals surface area contributed by atoms with E-state index >= 15 is 0 Å². The van der Waals surface area contributed by atoms with Crippen molar-refractivity contribution in [2.24, 2.45) is 0 Å². The summed E-state index contributed by atoms with van der Waals surface area (Å²) in [6, 6.07) is 55.9. The summed E-state index contributed by atoms with van der Waals surface area (Å²) >= 11 is 0. The van der Waals surface area contributed by atoms with Gasteiger partial charge in [-0.3, -0.25) is 0 Å². The predicted molar refractivity (Wildman–Crippen MR) is 187 cm³/mol. The van der Waals surface area contributed by atoms with E-state index in [0.29, 0.717) is 0 Å². The molecule has 0 unspecified atom stereocenters. The molecule has 214 valence electrons. The summed E-state index contributed by atoms with van der Waals surface area (Å²) in [6.07, 6.45) is 0. The molecule has 0 radical (unpaired) electrons. The Bertz CT molecular complexity index is 2180. The zero-order valence-corrected chi connectivity index (χ0v) is 25.4. The molecule has 0 aliphatic heterocycles. The van der Waals surface area contributed by atoms with Crippen molar-refractivity contribution in [2.75, 3.05) is 0 Å². The molecule has 0 spiro atoms. The molecular formula is C43H32N2. The summed E-state index contributed by atoms with van der Waals surface area (Å²) in [5.74, 6) is 0.743. The molecule has 1 aromatic heterocycles. The SMILES string of the molecule is CC1(C)c2ccccc2-c2c(-c3nc(-c4ccccc4)cc(-c4cccc(-c5cccc(-c6ccccc6)c5)c4)n3)cccc21. The molecule has 1 heterocycles. The van der Waals surface area contributed by atoms with Gasteiger partial charge in [-0.15, -0.1) is 0 Å². The number of fused-ring (bicyclic) bond motifs is 3. The fourth-order valence-electron chi connectivity index (χ4n) is 6.78. The molecule has 2 nitrogen and oxygen atoms in total. The number of rotatable bonds is 5. The fraction of sp³-hybridized carbons (Fsp3) is 0.0698. The minimum Gasteiger partial charge on any atom is -0.228 e. The van der Waals surface area contributed by atoms with Crippen molar-refractivity contribution < 1.29 is 0 Å². The monoisotopic (exact) mass is 576 g/mol. The van der Waals surface area contributed by atoms with Crippen molar-refractivity contribution in [1.82, 2.24) is 9.97 Å². The van der Waals surface area contributed by atoms with E-state index in [1.54, 1.807) is 0 Å². The van der Waals surface area contributed by atoms with Gasteiger partial charge in [-0.2, -0.15) is 0 Å². The third-order valence-corrected chi connectivity index (χ3v) is 9.11. The minimum atomic E-state index is -0.0928. The lowest BCUT2D eigenvalue weighted by Crippen LogP contribution is -2.14. The van der Waals surface area contributed by atoms with Gasteiger partial charge in [-0.25, -0.2) is 9.97 Å². The Morgan fingerprint density at radius 2 is 0.844 bits per heavy atom.